The highest BCUT2D eigenvalue weighted by molar-refractivity contribution is 6.31. The quantitative estimate of drug-likeness (QED) is 0.880. The molecule has 1 N–H and O–H groups in total. The first-order valence-corrected chi connectivity index (χ1v) is 6.90. The van der Waals surface area contributed by atoms with E-state index in [1.807, 2.05) is 19.2 Å². The molecule has 2 rings (SSSR count). The Balaban J connectivity index is 2.16. The summed E-state index contributed by atoms with van der Waals surface area (Å²) in [6.07, 6.45) is 0. The Bertz CT molecular complexity index is 599. The Morgan fingerprint density at radius 1 is 1.19 bits per heavy atom. The lowest BCUT2D eigenvalue weighted by atomic mass is 10.2. The van der Waals surface area contributed by atoms with Crippen LogP contribution in [0.25, 0.3) is 0 Å². The Hall–Kier alpha value is -1.78. The predicted molar refractivity (Wildman–Crippen MR) is 81.5 cm³/mol. The summed E-state index contributed by atoms with van der Waals surface area (Å²) in [4.78, 5) is 0. The molecular weight excluding hydrogens is 293 g/mol. The molecule has 0 fully saturated rings. The summed E-state index contributed by atoms with van der Waals surface area (Å²) >= 11 is 5.98. The molecule has 112 valence electrons. The van der Waals surface area contributed by atoms with Gasteiger partial charge in [0.2, 0.25) is 0 Å². The lowest BCUT2D eigenvalue weighted by molar-refractivity contribution is 0.279. The zero-order chi connectivity index (χ0) is 15.2. The summed E-state index contributed by atoms with van der Waals surface area (Å²) in [5, 5.41) is 3.41. The van der Waals surface area contributed by atoms with Gasteiger partial charge in [-0.2, -0.15) is 0 Å². The number of hydrogen-bond acceptors (Lipinski definition) is 3. The standard InChI is InChI=1S/C16H17ClFNO2/c1-19-9-11-6-7-15(16(8-11)20-2)21-10-12-13(17)4-3-5-14(12)18/h3-8,19H,9-10H2,1-2H3. The van der Waals surface area contributed by atoms with Crippen molar-refractivity contribution in [3.8, 4) is 11.5 Å². The zero-order valence-electron chi connectivity index (χ0n) is 12.0. The summed E-state index contributed by atoms with van der Waals surface area (Å²) in [5.74, 6) is 0.778. The maximum absolute atomic E-state index is 13.7. The van der Waals surface area contributed by atoms with Crippen LogP contribution in [0.4, 0.5) is 4.39 Å². The molecule has 0 aliphatic carbocycles. The summed E-state index contributed by atoms with van der Waals surface area (Å²) in [6.45, 7) is 0.781. The lowest BCUT2D eigenvalue weighted by Gasteiger charge is -2.13. The molecule has 0 saturated carbocycles. The average Bonchev–Trinajstić information content (AvgIpc) is 2.48. The van der Waals surface area contributed by atoms with E-state index in [0.717, 1.165) is 12.1 Å². The summed E-state index contributed by atoms with van der Waals surface area (Å²) in [6, 6.07) is 10.2. The molecule has 0 spiro atoms. The molecular formula is C16H17ClFNO2. The zero-order valence-corrected chi connectivity index (χ0v) is 12.7. The third-order valence-corrected chi connectivity index (χ3v) is 3.40. The van der Waals surface area contributed by atoms with E-state index < -0.39 is 0 Å². The van der Waals surface area contributed by atoms with Crippen molar-refractivity contribution >= 4 is 11.6 Å². The number of nitrogens with one attached hydrogen (secondary N) is 1. The number of benzene rings is 2. The molecule has 0 radical (unpaired) electrons. The van der Waals surface area contributed by atoms with Gasteiger partial charge in [0, 0.05) is 12.1 Å². The highest BCUT2D eigenvalue weighted by atomic mass is 35.5. The number of rotatable bonds is 6. The molecule has 0 aromatic heterocycles. The second-order valence-electron chi connectivity index (χ2n) is 4.50. The number of ether oxygens (including phenoxy) is 2. The van der Waals surface area contributed by atoms with Crippen molar-refractivity contribution in [1.29, 1.82) is 0 Å². The van der Waals surface area contributed by atoms with Crippen molar-refractivity contribution in [2.45, 2.75) is 13.2 Å². The Kier molecular flexibility index (Phi) is 5.42. The topological polar surface area (TPSA) is 30.5 Å². The van der Waals surface area contributed by atoms with Crippen molar-refractivity contribution in [2.24, 2.45) is 0 Å². The van der Waals surface area contributed by atoms with E-state index in [1.54, 1.807) is 25.3 Å². The largest absolute Gasteiger partial charge is 0.493 e. The van der Waals surface area contributed by atoms with Crippen molar-refractivity contribution in [3.63, 3.8) is 0 Å². The monoisotopic (exact) mass is 309 g/mol. The normalized spacial score (nSPS) is 10.5. The van der Waals surface area contributed by atoms with Gasteiger partial charge in [0.05, 0.1) is 12.1 Å². The van der Waals surface area contributed by atoms with Crippen LogP contribution < -0.4 is 14.8 Å². The van der Waals surface area contributed by atoms with Crippen LogP contribution in [0.15, 0.2) is 36.4 Å². The molecule has 2 aromatic rings. The minimum Gasteiger partial charge on any atom is -0.493 e. The summed E-state index contributed by atoms with van der Waals surface area (Å²) in [7, 11) is 3.44. The van der Waals surface area contributed by atoms with Crippen molar-refractivity contribution in [3.05, 3.63) is 58.4 Å². The van der Waals surface area contributed by atoms with Crippen LogP contribution in [0.2, 0.25) is 5.02 Å². The number of methoxy groups -OCH3 is 1. The van der Waals surface area contributed by atoms with Gasteiger partial charge in [-0.1, -0.05) is 23.7 Å². The van der Waals surface area contributed by atoms with Crippen molar-refractivity contribution in [2.75, 3.05) is 14.2 Å². The van der Waals surface area contributed by atoms with Crippen LogP contribution in [0.1, 0.15) is 11.1 Å². The lowest BCUT2D eigenvalue weighted by Crippen LogP contribution is -2.06. The second-order valence-corrected chi connectivity index (χ2v) is 4.91. The molecule has 0 saturated heterocycles. The minimum absolute atomic E-state index is 0.0489. The van der Waals surface area contributed by atoms with Crippen molar-refractivity contribution in [1.82, 2.24) is 5.32 Å². The molecule has 5 heteroatoms. The maximum atomic E-state index is 13.7. The van der Waals surface area contributed by atoms with Gasteiger partial charge in [0.15, 0.2) is 11.5 Å². The summed E-state index contributed by atoms with van der Waals surface area (Å²) in [5.41, 5.74) is 1.41. The fourth-order valence-corrected chi connectivity index (χ4v) is 2.18. The first kappa shape index (κ1) is 15.6. The van der Waals surface area contributed by atoms with Gasteiger partial charge < -0.3 is 14.8 Å². The predicted octanol–water partition coefficient (Wildman–Crippen LogP) is 3.79. The van der Waals surface area contributed by atoms with Crippen LogP contribution >= 0.6 is 11.6 Å². The van der Waals surface area contributed by atoms with E-state index in [-0.39, 0.29) is 12.4 Å². The maximum Gasteiger partial charge on any atom is 0.161 e. The van der Waals surface area contributed by atoms with Gasteiger partial charge >= 0.3 is 0 Å². The van der Waals surface area contributed by atoms with E-state index in [9.17, 15) is 4.39 Å². The van der Waals surface area contributed by atoms with E-state index in [2.05, 4.69) is 5.32 Å². The van der Waals surface area contributed by atoms with Crippen LogP contribution in [-0.2, 0) is 13.2 Å². The minimum atomic E-state index is -0.381. The highest BCUT2D eigenvalue weighted by Crippen LogP contribution is 2.30. The third-order valence-electron chi connectivity index (χ3n) is 3.04. The van der Waals surface area contributed by atoms with E-state index >= 15 is 0 Å². The van der Waals surface area contributed by atoms with E-state index in [4.69, 9.17) is 21.1 Å². The van der Waals surface area contributed by atoms with Gasteiger partial charge in [-0.25, -0.2) is 4.39 Å². The molecule has 0 atom stereocenters. The van der Waals surface area contributed by atoms with Crippen LogP contribution in [-0.4, -0.2) is 14.2 Å². The molecule has 21 heavy (non-hydrogen) atoms. The van der Waals surface area contributed by atoms with E-state index in [0.29, 0.717) is 22.1 Å². The number of hydrogen-bond donors (Lipinski definition) is 1. The fraction of sp³-hybridized carbons (Fsp3) is 0.250. The molecule has 0 unspecified atom stereocenters. The van der Waals surface area contributed by atoms with Crippen LogP contribution in [0.5, 0.6) is 11.5 Å². The molecule has 0 bridgehead atoms. The third kappa shape index (κ3) is 3.86. The first-order chi connectivity index (χ1) is 10.2. The van der Waals surface area contributed by atoms with Gasteiger partial charge in [-0.05, 0) is 36.9 Å². The Labute approximate surface area is 128 Å². The summed E-state index contributed by atoms with van der Waals surface area (Å²) < 4.78 is 24.6. The van der Waals surface area contributed by atoms with Crippen molar-refractivity contribution < 1.29 is 13.9 Å². The van der Waals surface area contributed by atoms with Gasteiger partial charge in [-0.3, -0.25) is 0 Å². The van der Waals surface area contributed by atoms with Gasteiger partial charge in [0.25, 0.3) is 0 Å². The Morgan fingerprint density at radius 2 is 2.00 bits per heavy atom. The van der Waals surface area contributed by atoms with Crippen LogP contribution in [0.3, 0.4) is 0 Å². The second kappa shape index (κ2) is 7.29. The molecule has 2 aromatic carbocycles. The molecule has 0 aliphatic heterocycles. The fourth-order valence-electron chi connectivity index (χ4n) is 1.97. The average molecular weight is 310 g/mol. The first-order valence-electron chi connectivity index (χ1n) is 6.53. The molecule has 0 heterocycles. The molecule has 0 aliphatic rings. The van der Waals surface area contributed by atoms with Crippen LogP contribution in [0, 0.1) is 5.82 Å². The van der Waals surface area contributed by atoms with Gasteiger partial charge in [-0.15, -0.1) is 0 Å². The molecule has 3 nitrogen and oxygen atoms in total. The Morgan fingerprint density at radius 3 is 2.67 bits per heavy atom. The van der Waals surface area contributed by atoms with Gasteiger partial charge in [0.1, 0.15) is 12.4 Å². The smallest absolute Gasteiger partial charge is 0.161 e. The SMILES string of the molecule is CNCc1ccc(OCc2c(F)cccc2Cl)c(OC)c1. The van der Waals surface area contributed by atoms with E-state index in [1.165, 1.54) is 6.07 Å². The highest BCUT2D eigenvalue weighted by Gasteiger charge is 2.10. The number of halogens is 2. The molecule has 0 amide bonds.